The Labute approximate surface area is 168 Å². The number of carbonyl (C=O) groups excluding carboxylic acids is 1. The molecule has 1 aromatic heterocycles. The second-order valence-corrected chi connectivity index (χ2v) is 7.21. The van der Waals surface area contributed by atoms with Gasteiger partial charge >= 0.3 is 0 Å². The molecule has 2 aromatic carbocycles. The highest BCUT2D eigenvalue weighted by molar-refractivity contribution is 5.81. The van der Waals surface area contributed by atoms with Gasteiger partial charge in [-0.2, -0.15) is 0 Å². The van der Waals surface area contributed by atoms with E-state index in [1.54, 1.807) is 37.4 Å². The van der Waals surface area contributed by atoms with Crippen molar-refractivity contribution in [2.45, 2.75) is 32.1 Å². The summed E-state index contributed by atoms with van der Waals surface area (Å²) in [5.41, 5.74) is 6.51. The van der Waals surface area contributed by atoms with Crippen LogP contribution in [-0.2, 0) is 4.79 Å². The van der Waals surface area contributed by atoms with Gasteiger partial charge in [0.2, 0.25) is 11.9 Å². The SMILES string of the molecule is COc1ccccc1-n1c(NNC(=O)C2CCCCC2)nc2ccccc2c1=O. The van der Waals surface area contributed by atoms with Gasteiger partial charge in [-0.1, -0.05) is 43.5 Å². The van der Waals surface area contributed by atoms with E-state index in [0.717, 1.165) is 25.7 Å². The van der Waals surface area contributed by atoms with E-state index >= 15 is 0 Å². The van der Waals surface area contributed by atoms with E-state index in [-0.39, 0.29) is 23.3 Å². The van der Waals surface area contributed by atoms with E-state index in [9.17, 15) is 9.59 Å². The Bertz CT molecular complexity index is 1090. The molecular formula is C22H24N4O3. The Balaban J connectivity index is 1.75. The Morgan fingerprint density at radius 2 is 1.79 bits per heavy atom. The topological polar surface area (TPSA) is 85.2 Å². The van der Waals surface area contributed by atoms with Crippen molar-refractivity contribution in [1.82, 2.24) is 15.0 Å². The normalized spacial score (nSPS) is 14.5. The maximum atomic E-state index is 13.3. The van der Waals surface area contributed by atoms with Gasteiger partial charge in [0.25, 0.3) is 5.56 Å². The van der Waals surface area contributed by atoms with Crippen molar-refractivity contribution in [2.24, 2.45) is 5.92 Å². The molecular weight excluding hydrogens is 368 g/mol. The lowest BCUT2D eigenvalue weighted by atomic mass is 9.89. The molecule has 7 nitrogen and oxygen atoms in total. The van der Waals surface area contributed by atoms with Crippen LogP contribution in [0.5, 0.6) is 5.75 Å². The lowest BCUT2D eigenvalue weighted by Gasteiger charge is -2.22. The fourth-order valence-corrected chi connectivity index (χ4v) is 3.84. The van der Waals surface area contributed by atoms with Gasteiger partial charge in [-0.3, -0.25) is 20.4 Å². The molecule has 0 atom stereocenters. The number of amides is 1. The Morgan fingerprint density at radius 1 is 1.07 bits per heavy atom. The fraction of sp³-hybridized carbons (Fsp3) is 0.318. The third-order valence-electron chi connectivity index (χ3n) is 5.38. The zero-order chi connectivity index (χ0) is 20.2. The summed E-state index contributed by atoms with van der Waals surface area (Å²) in [5, 5.41) is 0.488. The molecule has 29 heavy (non-hydrogen) atoms. The molecule has 0 bridgehead atoms. The second-order valence-electron chi connectivity index (χ2n) is 7.21. The molecule has 1 heterocycles. The van der Waals surface area contributed by atoms with E-state index in [4.69, 9.17) is 4.74 Å². The first-order chi connectivity index (χ1) is 14.2. The molecule has 0 unspecified atom stereocenters. The molecule has 1 aliphatic rings. The van der Waals surface area contributed by atoms with E-state index in [1.807, 2.05) is 18.2 Å². The number of nitrogens with one attached hydrogen (secondary N) is 2. The number of hydrogen-bond donors (Lipinski definition) is 2. The summed E-state index contributed by atoms with van der Waals surface area (Å²) in [4.78, 5) is 30.4. The van der Waals surface area contributed by atoms with Crippen molar-refractivity contribution < 1.29 is 9.53 Å². The van der Waals surface area contributed by atoms with Crippen molar-refractivity contribution in [3.05, 3.63) is 58.9 Å². The number of carbonyl (C=O) groups is 1. The monoisotopic (exact) mass is 392 g/mol. The van der Waals surface area contributed by atoms with Crippen LogP contribution in [0.2, 0.25) is 0 Å². The van der Waals surface area contributed by atoms with Crippen LogP contribution in [0.4, 0.5) is 5.95 Å². The maximum absolute atomic E-state index is 13.3. The largest absolute Gasteiger partial charge is 0.495 e. The molecule has 1 fully saturated rings. The van der Waals surface area contributed by atoms with Crippen LogP contribution in [0, 0.1) is 5.92 Å². The van der Waals surface area contributed by atoms with Crippen molar-refractivity contribution in [3.8, 4) is 11.4 Å². The summed E-state index contributed by atoms with van der Waals surface area (Å²) >= 11 is 0. The lowest BCUT2D eigenvalue weighted by Crippen LogP contribution is -2.38. The van der Waals surface area contributed by atoms with Crippen LogP contribution in [-0.4, -0.2) is 22.6 Å². The third-order valence-corrected chi connectivity index (χ3v) is 5.38. The summed E-state index contributed by atoms with van der Waals surface area (Å²) in [6.07, 6.45) is 5.09. The van der Waals surface area contributed by atoms with Gasteiger partial charge in [-0.15, -0.1) is 0 Å². The van der Waals surface area contributed by atoms with Gasteiger partial charge in [-0.05, 0) is 37.1 Å². The summed E-state index contributed by atoms with van der Waals surface area (Å²) < 4.78 is 6.87. The third kappa shape index (κ3) is 3.81. The van der Waals surface area contributed by atoms with E-state index < -0.39 is 0 Å². The predicted molar refractivity (Wildman–Crippen MR) is 112 cm³/mol. The number of anilines is 1. The van der Waals surface area contributed by atoms with Crippen LogP contribution in [0.15, 0.2) is 53.3 Å². The first-order valence-electron chi connectivity index (χ1n) is 9.90. The van der Waals surface area contributed by atoms with Crippen LogP contribution < -0.4 is 21.1 Å². The van der Waals surface area contributed by atoms with Crippen LogP contribution in [0.3, 0.4) is 0 Å². The molecule has 2 N–H and O–H groups in total. The van der Waals surface area contributed by atoms with E-state index in [0.29, 0.717) is 22.3 Å². The number of benzene rings is 2. The Hall–Kier alpha value is -3.35. The van der Waals surface area contributed by atoms with Gasteiger partial charge in [0.05, 0.1) is 23.7 Å². The van der Waals surface area contributed by atoms with Gasteiger partial charge in [0, 0.05) is 5.92 Å². The number of hydrazine groups is 1. The zero-order valence-electron chi connectivity index (χ0n) is 16.4. The highest BCUT2D eigenvalue weighted by atomic mass is 16.5. The van der Waals surface area contributed by atoms with Gasteiger partial charge in [0.15, 0.2) is 0 Å². The highest BCUT2D eigenvalue weighted by Crippen LogP contribution is 2.25. The standard InChI is InChI=1S/C22H24N4O3/c1-29-19-14-8-7-13-18(19)26-21(28)16-11-5-6-12-17(16)23-22(26)25-24-20(27)15-9-3-2-4-10-15/h5-8,11-15H,2-4,9-10H2,1H3,(H,23,25)(H,24,27). The van der Waals surface area contributed by atoms with Crippen molar-refractivity contribution >= 4 is 22.8 Å². The number of para-hydroxylation sites is 3. The summed E-state index contributed by atoms with van der Waals surface area (Å²) in [7, 11) is 1.55. The fourth-order valence-electron chi connectivity index (χ4n) is 3.84. The molecule has 0 saturated heterocycles. The number of ether oxygens (including phenoxy) is 1. The minimum atomic E-state index is -0.241. The molecule has 150 valence electrons. The molecule has 0 spiro atoms. The first kappa shape index (κ1) is 19.0. The highest BCUT2D eigenvalue weighted by Gasteiger charge is 2.22. The number of nitrogens with zero attached hydrogens (tertiary/aromatic N) is 2. The number of rotatable bonds is 5. The van der Waals surface area contributed by atoms with Crippen LogP contribution >= 0.6 is 0 Å². The number of aromatic nitrogens is 2. The second kappa shape index (κ2) is 8.34. The number of fused-ring (bicyclic) bond motifs is 1. The molecule has 4 rings (SSSR count). The summed E-state index contributed by atoms with van der Waals surface area (Å²) in [6.45, 7) is 0. The average Bonchev–Trinajstić information content (AvgIpc) is 2.78. The summed E-state index contributed by atoms with van der Waals surface area (Å²) in [6, 6.07) is 14.4. The molecule has 0 radical (unpaired) electrons. The first-order valence-corrected chi connectivity index (χ1v) is 9.90. The van der Waals surface area contributed by atoms with Crippen LogP contribution in [0.25, 0.3) is 16.6 Å². The molecule has 1 amide bonds. The van der Waals surface area contributed by atoms with E-state index in [2.05, 4.69) is 15.8 Å². The van der Waals surface area contributed by atoms with Crippen molar-refractivity contribution in [1.29, 1.82) is 0 Å². The zero-order valence-corrected chi connectivity index (χ0v) is 16.4. The quantitative estimate of drug-likeness (QED) is 0.650. The van der Waals surface area contributed by atoms with Crippen molar-refractivity contribution in [2.75, 3.05) is 12.5 Å². The molecule has 1 saturated carbocycles. The molecule has 1 aliphatic carbocycles. The smallest absolute Gasteiger partial charge is 0.267 e. The number of hydrogen-bond acceptors (Lipinski definition) is 5. The molecule has 3 aromatic rings. The van der Waals surface area contributed by atoms with Crippen LogP contribution in [0.1, 0.15) is 32.1 Å². The van der Waals surface area contributed by atoms with Gasteiger partial charge in [-0.25, -0.2) is 9.55 Å². The minimum Gasteiger partial charge on any atom is -0.495 e. The average molecular weight is 392 g/mol. The maximum Gasteiger partial charge on any atom is 0.267 e. The number of methoxy groups -OCH3 is 1. The van der Waals surface area contributed by atoms with Gasteiger partial charge in [0.1, 0.15) is 5.75 Å². The molecule has 0 aliphatic heterocycles. The minimum absolute atomic E-state index is 0.0110. The van der Waals surface area contributed by atoms with E-state index in [1.165, 1.54) is 11.0 Å². The van der Waals surface area contributed by atoms with Crippen molar-refractivity contribution in [3.63, 3.8) is 0 Å². The summed E-state index contributed by atoms with van der Waals surface area (Å²) in [5.74, 6) is 0.692. The lowest BCUT2D eigenvalue weighted by molar-refractivity contribution is -0.125. The Morgan fingerprint density at radius 3 is 2.59 bits per heavy atom. The van der Waals surface area contributed by atoms with Gasteiger partial charge < -0.3 is 4.74 Å². The Kier molecular flexibility index (Phi) is 5.46. The molecule has 7 heteroatoms. The predicted octanol–water partition coefficient (Wildman–Crippen LogP) is 3.42.